The third-order valence-electron chi connectivity index (χ3n) is 2.35. The molecule has 0 aliphatic carbocycles. The van der Waals surface area contributed by atoms with Gasteiger partial charge in [-0.05, 0) is 5.56 Å². The number of hydrogen-bond donors (Lipinski definition) is 0. The van der Waals surface area contributed by atoms with Crippen molar-refractivity contribution >= 4 is 0 Å². The zero-order valence-corrected chi connectivity index (χ0v) is 6.57. The van der Waals surface area contributed by atoms with Crippen molar-refractivity contribution in [3.05, 3.63) is 42.4 Å². The van der Waals surface area contributed by atoms with Gasteiger partial charge in [0, 0.05) is 12.1 Å². The summed E-state index contributed by atoms with van der Waals surface area (Å²) >= 11 is 0. The Kier molecular flexibility index (Phi) is 0.987. The van der Waals surface area contributed by atoms with E-state index in [-0.39, 0.29) is 0 Å². The first-order valence-corrected chi connectivity index (χ1v) is 4.03. The van der Waals surface area contributed by atoms with E-state index >= 15 is 0 Å². The Bertz CT molecular complexity index is 429. The van der Waals surface area contributed by atoms with Crippen LogP contribution in [-0.4, -0.2) is 9.55 Å². The van der Waals surface area contributed by atoms with Crippen molar-refractivity contribution in [1.29, 1.82) is 0 Å². The lowest BCUT2D eigenvalue weighted by atomic mass is 10.1. The molecule has 1 aliphatic rings. The van der Waals surface area contributed by atoms with E-state index in [1.807, 2.05) is 12.5 Å². The number of hydrogen-bond acceptors (Lipinski definition) is 1. The summed E-state index contributed by atoms with van der Waals surface area (Å²) in [6, 6.07) is 8.47. The highest BCUT2D eigenvalue weighted by Crippen LogP contribution is 2.30. The van der Waals surface area contributed by atoms with Gasteiger partial charge in [-0.2, -0.15) is 0 Å². The average Bonchev–Trinajstić information content (AvgIpc) is 2.62. The molecule has 0 radical (unpaired) electrons. The Hall–Kier alpha value is -1.57. The van der Waals surface area contributed by atoms with Gasteiger partial charge in [0.25, 0.3) is 0 Å². The van der Waals surface area contributed by atoms with Crippen LogP contribution < -0.4 is 0 Å². The van der Waals surface area contributed by atoms with Gasteiger partial charge in [-0.15, -0.1) is 0 Å². The maximum absolute atomic E-state index is 4.11. The Morgan fingerprint density at radius 3 is 3.17 bits per heavy atom. The molecule has 3 rings (SSSR count). The van der Waals surface area contributed by atoms with Crippen LogP contribution in [-0.2, 0) is 6.54 Å². The minimum atomic E-state index is 0.978. The lowest BCUT2D eigenvalue weighted by Crippen LogP contribution is -1.88. The van der Waals surface area contributed by atoms with Crippen LogP contribution in [0, 0.1) is 0 Å². The number of rotatable bonds is 0. The second-order valence-electron chi connectivity index (χ2n) is 3.06. The zero-order valence-electron chi connectivity index (χ0n) is 6.57. The van der Waals surface area contributed by atoms with Gasteiger partial charge in [0.1, 0.15) is 0 Å². The van der Waals surface area contributed by atoms with E-state index in [1.54, 1.807) is 0 Å². The molecule has 0 saturated heterocycles. The van der Waals surface area contributed by atoms with Crippen molar-refractivity contribution in [3.63, 3.8) is 0 Å². The van der Waals surface area contributed by atoms with Gasteiger partial charge in [0.2, 0.25) is 0 Å². The van der Waals surface area contributed by atoms with E-state index in [0.717, 1.165) is 6.54 Å². The predicted molar refractivity (Wildman–Crippen MR) is 46.8 cm³/mol. The molecule has 12 heavy (non-hydrogen) atoms. The highest BCUT2D eigenvalue weighted by molar-refractivity contribution is 5.67. The minimum absolute atomic E-state index is 0.978. The molecule has 58 valence electrons. The molecule has 0 spiro atoms. The Balaban J connectivity index is 2.34. The molecular formula is C10H8N2. The maximum Gasteiger partial charge on any atom is 0.0954 e. The summed E-state index contributed by atoms with van der Waals surface area (Å²) in [5.74, 6) is 0. The monoisotopic (exact) mass is 156 g/mol. The predicted octanol–water partition coefficient (Wildman–Crippen LogP) is 1.91. The van der Waals surface area contributed by atoms with Crippen molar-refractivity contribution in [1.82, 2.24) is 9.55 Å². The van der Waals surface area contributed by atoms with E-state index in [2.05, 4.69) is 33.8 Å². The number of benzene rings is 1. The first kappa shape index (κ1) is 6.00. The largest absolute Gasteiger partial charge is 0.326 e. The van der Waals surface area contributed by atoms with Crippen molar-refractivity contribution in [3.8, 4) is 11.3 Å². The number of nitrogens with zero attached hydrogens (tertiary/aromatic N) is 2. The van der Waals surface area contributed by atoms with Crippen LogP contribution in [0.25, 0.3) is 11.3 Å². The first-order valence-electron chi connectivity index (χ1n) is 4.03. The molecule has 1 aromatic carbocycles. The fourth-order valence-corrected chi connectivity index (χ4v) is 1.76. The van der Waals surface area contributed by atoms with E-state index < -0.39 is 0 Å². The average molecular weight is 156 g/mol. The molecule has 0 atom stereocenters. The van der Waals surface area contributed by atoms with Gasteiger partial charge in [-0.3, -0.25) is 0 Å². The zero-order chi connectivity index (χ0) is 7.97. The molecule has 2 heterocycles. The first-order chi connectivity index (χ1) is 5.95. The number of aromatic nitrogens is 2. The van der Waals surface area contributed by atoms with Crippen LogP contribution in [0.4, 0.5) is 0 Å². The summed E-state index contributed by atoms with van der Waals surface area (Å²) in [4.78, 5) is 4.11. The molecule has 0 unspecified atom stereocenters. The minimum Gasteiger partial charge on any atom is -0.326 e. The molecule has 0 bridgehead atoms. The van der Waals surface area contributed by atoms with Crippen LogP contribution >= 0.6 is 0 Å². The molecule has 0 N–H and O–H groups in total. The highest BCUT2D eigenvalue weighted by Gasteiger charge is 2.16. The molecule has 0 fully saturated rings. The molecule has 2 heteroatoms. The van der Waals surface area contributed by atoms with Crippen LogP contribution in [0.2, 0.25) is 0 Å². The lowest BCUT2D eigenvalue weighted by Gasteiger charge is -1.93. The maximum atomic E-state index is 4.11. The number of imidazole rings is 1. The molecule has 1 aromatic heterocycles. The van der Waals surface area contributed by atoms with E-state index in [9.17, 15) is 0 Å². The van der Waals surface area contributed by atoms with Gasteiger partial charge in [0.15, 0.2) is 0 Å². The van der Waals surface area contributed by atoms with Gasteiger partial charge in [0.05, 0.1) is 18.2 Å². The second kappa shape index (κ2) is 1.97. The summed E-state index contributed by atoms with van der Waals surface area (Å²) in [5.41, 5.74) is 3.97. The van der Waals surface area contributed by atoms with Crippen molar-refractivity contribution in [2.24, 2.45) is 0 Å². The van der Waals surface area contributed by atoms with Crippen molar-refractivity contribution in [2.45, 2.75) is 6.54 Å². The molecule has 2 aromatic rings. The smallest absolute Gasteiger partial charge is 0.0954 e. The molecule has 0 saturated carbocycles. The van der Waals surface area contributed by atoms with Gasteiger partial charge >= 0.3 is 0 Å². The van der Waals surface area contributed by atoms with Crippen LogP contribution in [0.5, 0.6) is 0 Å². The third kappa shape index (κ3) is 0.619. The SMILES string of the molecule is c1ccc2c(c1)Cn1cncc1-2. The molecular weight excluding hydrogens is 148 g/mol. The van der Waals surface area contributed by atoms with Gasteiger partial charge in [-0.1, -0.05) is 24.3 Å². The fraction of sp³-hybridized carbons (Fsp3) is 0.100. The summed E-state index contributed by atoms with van der Waals surface area (Å²) < 4.78 is 2.17. The number of fused-ring (bicyclic) bond motifs is 3. The second-order valence-corrected chi connectivity index (χ2v) is 3.06. The standard InChI is InChI=1S/C10H8N2/c1-2-4-9-8(3-1)6-12-7-11-5-10(9)12/h1-5,7H,6H2. The normalized spacial score (nSPS) is 12.7. The van der Waals surface area contributed by atoms with E-state index in [1.165, 1.54) is 16.8 Å². The summed E-state index contributed by atoms with van der Waals surface area (Å²) in [5, 5.41) is 0. The van der Waals surface area contributed by atoms with Crippen molar-refractivity contribution in [2.75, 3.05) is 0 Å². The fourth-order valence-electron chi connectivity index (χ4n) is 1.76. The quantitative estimate of drug-likeness (QED) is 0.486. The molecule has 0 amide bonds. The Morgan fingerprint density at radius 1 is 1.25 bits per heavy atom. The van der Waals surface area contributed by atoms with Crippen LogP contribution in [0.15, 0.2) is 36.8 Å². The van der Waals surface area contributed by atoms with Gasteiger partial charge in [-0.25, -0.2) is 4.98 Å². The Labute approximate surface area is 70.5 Å². The van der Waals surface area contributed by atoms with Crippen molar-refractivity contribution < 1.29 is 0 Å². The summed E-state index contributed by atoms with van der Waals surface area (Å²) in [6.45, 7) is 0.978. The summed E-state index contributed by atoms with van der Waals surface area (Å²) in [6.07, 6.45) is 3.81. The van der Waals surface area contributed by atoms with Crippen LogP contribution in [0.3, 0.4) is 0 Å². The summed E-state index contributed by atoms with van der Waals surface area (Å²) in [7, 11) is 0. The van der Waals surface area contributed by atoms with E-state index in [0.29, 0.717) is 0 Å². The highest BCUT2D eigenvalue weighted by atomic mass is 15.1. The van der Waals surface area contributed by atoms with E-state index in [4.69, 9.17) is 0 Å². The van der Waals surface area contributed by atoms with Gasteiger partial charge < -0.3 is 4.57 Å². The Morgan fingerprint density at radius 2 is 2.17 bits per heavy atom. The molecule has 1 aliphatic heterocycles. The lowest BCUT2D eigenvalue weighted by molar-refractivity contribution is 0.840. The molecule has 2 nitrogen and oxygen atoms in total. The topological polar surface area (TPSA) is 17.8 Å². The third-order valence-corrected chi connectivity index (χ3v) is 2.35. The van der Waals surface area contributed by atoms with Crippen LogP contribution in [0.1, 0.15) is 5.56 Å².